The van der Waals surface area contributed by atoms with Crippen molar-refractivity contribution in [2.75, 3.05) is 6.54 Å². The van der Waals surface area contributed by atoms with Crippen LogP contribution in [0.1, 0.15) is 24.1 Å². The molecule has 0 radical (unpaired) electrons. The number of benzene rings is 2. The van der Waals surface area contributed by atoms with Gasteiger partial charge < -0.3 is 9.47 Å². The van der Waals surface area contributed by atoms with Gasteiger partial charge in [0.15, 0.2) is 0 Å². The highest BCUT2D eigenvalue weighted by Gasteiger charge is 2.40. The summed E-state index contributed by atoms with van der Waals surface area (Å²) < 4.78 is 29.9. The van der Waals surface area contributed by atoms with Crippen LogP contribution in [0.3, 0.4) is 0 Å². The first-order valence-corrected chi connectivity index (χ1v) is 12.4. The summed E-state index contributed by atoms with van der Waals surface area (Å²) in [5.74, 6) is -0.303. The Balaban J connectivity index is 1.58. The van der Waals surface area contributed by atoms with Crippen LogP contribution < -0.4 is 0 Å². The highest BCUT2D eigenvalue weighted by atomic mass is 32.2. The van der Waals surface area contributed by atoms with Gasteiger partial charge in [-0.2, -0.15) is 4.31 Å². The Morgan fingerprint density at radius 1 is 1.03 bits per heavy atom. The second kappa shape index (κ2) is 9.78. The molecule has 1 aromatic heterocycles. The van der Waals surface area contributed by atoms with E-state index in [9.17, 15) is 23.3 Å². The number of nitrogens with zero attached hydrogens (tertiary/aromatic N) is 4. The SMILES string of the molecule is Cn1cccc1CN(Cc1ccccc1)C(=O)CN(C1CC1)S(=O)(=O)c1ccc([N+](=O)[O-])cc1. The van der Waals surface area contributed by atoms with E-state index in [1.54, 1.807) is 4.90 Å². The van der Waals surface area contributed by atoms with Crippen molar-refractivity contribution in [3.05, 3.63) is 94.3 Å². The molecule has 0 atom stereocenters. The summed E-state index contributed by atoms with van der Waals surface area (Å²) in [6, 6.07) is 17.9. The fourth-order valence-corrected chi connectivity index (χ4v) is 5.41. The van der Waals surface area contributed by atoms with Gasteiger partial charge in [0.2, 0.25) is 15.9 Å². The average molecular weight is 483 g/mol. The number of carbonyl (C=O) groups is 1. The van der Waals surface area contributed by atoms with Crippen molar-refractivity contribution in [1.29, 1.82) is 0 Å². The third-order valence-corrected chi connectivity index (χ3v) is 7.79. The molecule has 178 valence electrons. The van der Waals surface area contributed by atoms with Crippen LogP contribution in [0.4, 0.5) is 5.69 Å². The molecule has 0 bridgehead atoms. The molecule has 0 N–H and O–H groups in total. The van der Waals surface area contributed by atoms with Crippen molar-refractivity contribution >= 4 is 21.6 Å². The van der Waals surface area contributed by atoms with Crippen molar-refractivity contribution in [2.45, 2.75) is 36.9 Å². The number of rotatable bonds is 10. The summed E-state index contributed by atoms with van der Waals surface area (Å²) in [5, 5.41) is 10.9. The quantitative estimate of drug-likeness (QED) is 0.326. The van der Waals surface area contributed by atoms with Crippen molar-refractivity contribution < 1.29 is 18.1 Å². The van der Waals surface area contributed by atoms with E-state index in [0.29, 0.717) is 25.9 Å². The maximum Gasteiger partial charge on any atom is 0.269 e. The summed E-state index contributed by atoms with van der Waals surface area (Å²) in [5.41, 5.74) is 1.69. The van der Waals surface area contributed by atoms with E-state index < -0.39 is 14.9 Å². The van der Waals surface area contributed by atoms with Crippen molar-refractivity contribution in [3.8, 4) is 0 Å². The fraction of sp³-hybridized carbons (Fsp3) is 0.292. The first-order valence-electron chi connectivity index (χ1n) is 10.9. The van der Waals surface area contributed by atoms with Crippen molar-refractivity contribution in [2.24, 2.45) is 7.05 Å². The van der Waals surface area contributed by atoms with Gasteiger partial charge in [0.05, 0.1) is 22.9 Å². The second-order valence-electron chi connectivity index (χ2n) is 8.38. The first kappa shape index (κ1) is 23.7. The molecule has 1 aliphatic carbocycles. The molecular formula is C24H26N4O5S. The lowest BCUT2D eigenvalue weighted by molar-refractivity contribution is -0.384. The zero-order valence-electron chi connectivity index (χ0n) is 18.8. The zero-order chi connectivity index (χ0) is 24.3. The van der Waals surface area contributed by atoms with E-state index in [0.717, 1.165) is 23.4 Å². The Kier molecular flexibility index (Phi) is 6.80. The van der Waals surface area contributed by atoms with Gasteiger partial charge in [-0.3, -0.25) is 14.9 Å². The monoisotopic (exact) mass is 482 g/mol. The third-order valence-electron chi connectivity index (χ3n) is 5.87. The van der Waals surface area contributed by atoms with E-state index in [1.807, 2.05) is 60.3 Å². The number of nitro benzene ring substituents is 1. The highest BCUT2D eigenvalue weighted by Crippen LogP contribution is 2.32. The minimum absolute atomic E-state index is 0.0603. The molecule has 2 aromatic carbocycles. The van der Waals surface area contributed by atoms with E-state index in [1.165, 1.54) is 16.4 Å². The van der Waals surface area contributed by atoms with Crippen LogP contribution >= 0.6 is 0 Å². The van der Waals surface area contributed by atoms with E-state index in [2.05, 4.69) is 0 Å². The Bertz CT molecular complexity index is 1270. The van der Waals surface area contributed by atoms with Gasteiger partial charge in [0.25, 0.3) is 5.69 Å². The molecule has 1 fully saturated rings. The maximum absolute atomic E-state index is 13.5. The molecule has 0 spiro atoms. The lowest BCUT2D eigenvalue weighted by Gasteiger charge is -2.27. The summed E-state index contributed by atoms with van der Waals surface area (Å²) in [7, 11) is -2.10. The van der Waals surface area contributed by atoms with Crippen molar-refractivity contribution in [1.82, 2.24) is 13.8 Å². The largest absolute Gasteiger partial charge is 0.353 e. The molecule has 0 aliphatic heterocycles. The normalized spacial score (nSPS) is 13.7. The molecule has 34 heavy (non-hydrogen) atoms. The van der Waals surface area contributed by atoms with Gasteiger partial charge in [-0.05, 0) is 42.7 Å². The van der Waals surface area contributed by atoms with Crippen LogP contribution in [0, 0.1) is 10.1 Å². The molecule has 0 unspecified atom stereocenters. The molecule has 10 heteroatoms. The minimum atomic E-state index is -3.99. The second-order valence-corrected chi connectivity index (χ2v) is 10.3. The number of hydrogen-bond acceptors (Lipinski definition) is 5. The Morgan fingerprint density at radius 3 is 2.26 bits per heavy atom. The maximum atomic E-state index is 13.5. The van der Waals surface area contributed by atoms with Gasteiger partial charge in [0.1, 0.15) is 0 Å². The number of sulfonamides is 1. The lowest BCUT2D eigenvalue weighted by atomic mass is 10.2. The lowest BCUT2D eigenvalue weighted by Crippen LogP contribution is -2.43. The van der Waals surface area contributed by atoms with Gasteiger partial charge >= 0.3 is 0 Å². The van der Waals surface area contributed by atoms with Crippen LogP contribution in [-0.4, -0.2) is 45.6 Å². The van der Waals surface area contributed by atoms with Gasteiger partial charge in [0, 0.05) is 43.7 Å². The smallest absolute Gasteiger partial charge is 0.269 e. The minimum Gasteiger partial charge on any atom is -0.353 e. The average Bonchev–Trinajstić information content (AvgIpc) is 3.59. The van der Waals surface area contributed by atoms with Gasteiger partial charge in [-0.25, -0.2) is 8.42 Å². The molecule has 0 saturated heterocycles. The molecule has 1 heterocycles. The molecule has 9 nitrogen and oxygen atoms in total. The number of hydrogen-bond donors (Lipinski definition) is 0. The van der Waals surface area contributed by atoms with E-state index in [4.69, 9.17) is 0 Å². The van der Waals surface area contributed by atoms with Crippen LogP contribution in [0.15, 0.2) is 77.8 Å². The summed E-state index contributed by atoms with van der Waals surface area (Å²) in [6.07, 6.45) is 3.25. The fourth-order valence-electron chi connectivity index (χ4n) is 3.77. The third kappa shape index (κ3) is 5.35. The van der Waals surface area contributed by atoms with Crippen LogP contribution in [-0.2, 0) is 35.0 Å². The topological polar surface area (TPSA) is 106 Å². The number of amides is 1. The predicted molar refractivity (Wildman–Crippen MR) is 126 cm³/mol. The Hall–Kier alpha value is -3.50. The summed E-state index contributed by atoms with van der Waals surface area (Å²) in [4.78, 5) is 25.4. The molecule has 1 aliphatic rings. The van der Waals surface area contributed by atoms with Crippen LogP contribution in [0.5, 0.6) is 0 Å². The zero-order valence-corrected chi connectivity index (χ0v) is 19.6. The van der Waals surface area contributed by atoms with Gasteiger partial charge in [-0.15, -0.1) is 0 Å². The van der Waals surface area contributed by atoms with E-state index >= 15 is 0 Å². The standard InChI is InChI=1S/C24H26N4O5S/c1-25-15-5-8-22(25)17-26(16-19-6-3-2-4-7-19)24(29)18-27(20-9-10-20)34(32,33)23-13-11-21(12-14-23)28(30)31/h2-8,11-15,20H,9-10,16-18H2,1H3. The molecule has 4 rings (SSSR count). The number of aryl methyl sites for hydroxylation is 1. The number of nitro groups is 1. The summed E-state index contributed by atoms with van der Waals surface area (Å²) >= 11 is 0. The van der Waals surface area contributed by atoms with Crippen molar-refractivity contribution in [3.63, 3.8) is 0 Å². The summed E-state index contributed by atoms with van der Waals surface area (Å²) in [6.45, 7) is 0.398. The molecular weight excluding hydrogens is 456 g/mol. The highest BCUT2D eigenvalue weighted by molar-refractivity contribution is 7.89. The Morgan fingerprint density at radius 2 is 1.71 bits per heavy atom. The number of carbonyl (C=O) groups excluding carboxylic acids is 1. The predicted octanol–water partition coefficient (Wildman–Crippen LogP) is 3.32. The Labute approximate surface area is 198 Å². The number of aromatic nitrogens is 1. The van der Waals surface area contributed by atoms with Gasteiger partial charge in [-0.1, -0.05) is 30.3 Å². The molecule has 3 aromatic rings. The van der Waals surface area contributed by atoms with Crippen LogP contribution in [0.2, 0.25) is 0 Å². The molecule has 1 saturated carbocycles. The number of non-ortho nitro benzene ring substituents is 1. The van der Waals surface area contributed by atoms with E-state index in [-0.39, 0.29) is 29.1 Å². The van der Waals surface area contributed by atoms with Crippen LogP contribution in [0.25, 0.3) is 0 Å². The first-order chi connectivity index (χ1) is 16.3. The molecule has 1 amide bonds.